The van der Waals surface area contributed by atoms with Gasteiger partial charge in [-0.05, 0) is 24.3 Å². The largest absolute Gasteiger partial charge is 1.00 e. The maximum Gasteiger partial charge on any atom is 1.00 e. The molecule has 1 aliphatic rings. The van der Waals surface area contributed by atoms with Gasteiger partial charge in [-0.25, -0.2) is 0 Å². The average molecular weight is 522 g/mol. The van der Waals surface area contributed by atoms with Gasteiger partial charge in [0.05, 0.1) is 34.4 Å². The van der Waals surface area contributed by atoms with Crippen LogP contribution in [0.1, 0.15) is 52.6 Å². The topological polar surface area (TPSA) is 138 Å². The van der Waals surface area contributed by atoms with E-state index in [1.807, 2.05) is 0 Å². The Labute approximate surface area is 261 Å². The third-order valence-corrected chi connectivity index (χ3v) is 5.90. The van der Waals surface area contributed by atoms with Gasteiger partial charge in [0, 0.05) is 33.6 Å². The molecule has 0 fully saturated rings. The molecule has 0 saturated heterocycles. The Bertz CT molecular complexity index is 1480. The van der Waals surface area contributed by atoms with E-state index in [9.17, 15) is 29.4 Å². The molecule has 1 aliphatic carbocycles. The smallest absolute Gasteiger partial charge is 0.545 e. The molecule has 0 heterocycles. The summed E-state index contributed by atoms with van der Waals surface area (Å²) in [5.74, 6) is -3.65. The van der Waals surface area contributed by atoms with E-state index in [4.69, 9.17) is 0 Å². The van der Waals surface area contributed by atoms with Gasteiger partial charge in [-0.3, -0.25) is 9.59 Å². The molecule has 0 amide bonds. The van der Waals surface area contributed by atoms with Gasteiger partial charge in [0.1, 0.15) is 0 Å². The summed E-state index contributed by atoms with van der Waals surface area (Å²) in [5, 5.41) is 28.9. The van der Waals surface area contributed by atoms with Gasteiger partial charge < -0.3 is 30.4 Å². The number of anilines is 4. The summed E-state index contributed by atoms with van der Waals surface area (Å²) in [5.41, 5.74) is 1.25. The van der Waals surface area contributed by atoms with E-state index in [2.05, 4.69) is 10.6 Å². The van der Waals surface area contributed by atoms with Crippen molar-refractivity contribution in [3.63, 3.8) is 0 Å². The molecule has 0 unspecified atom stereocenters. The van der Waals surface area contributed by atoms with Crippen molar-refractivity contribution in [1.82, 2.24) is 0 Å². The van der Waals surface area contributed by atoms with Crippen LogP contribution in [-0.2, 0) is 0 Å². The van der Waals surface area contributed by atoms with Crippen LogP contribution in [0, 0.1) is 0 Å². The van der Waals surface area contributed by atoms with Gasteiger partial charge in [-0.1, -0.05) is 60.7 Å². The van der Waals surface area contributed by atoms with Crippen molar-refractivity contribution in [1.29, 1.82) is 0 Å². The number of aromatic carboxylic acids is 2. The summed E-state index contributed by atoms with van der Waals surface area (Å²) < 4.78 is 0. The molecule has 8 nitrogen and oxygen atoms in total. The zero-order chi connectivity index (χ0) is 25.4. The minimum absolute atomic E-state index is 0. The number of para-hydroxylation sites is 2. The fourth-order valence-electron chi connectivity index (χ4n) is 4.28. The predicted molar refractivity (Wildman–Crippen MR) is 128 cm³/mol. The van der Waals surface area contributed by atoms with Crippen LogP contribution in [0.25, 0.3) is 0 Å². The second kappa shape index (κ2) is 12.1. The molecule has 0 spiro atoms. The first-order valence-electron chi connectivity index (χ1n) is 10.9. The number of hydrogen-bond donors (Lipinski definition) is 2. The molecule has 0 aromatic heterocycles. The van der Waals surface area contributed by atoms with Crippen LogP contribution < -0.4 is 80.0 Å². The molecule has 4 aromatic rings. The summed E-state index contributed by atoms with van der Waals surface area (Å²) in [7, 11) is 0. The van der Waals surface area contributed by atoms with Gasteiger partial charge >= 0.3 is 59.1 Å². The molecule has 0 atom stereocenters. The number of benzene rings is 4. The molecular weight excluding hydrogens is 506 g/mol. The first kappa shape index (κ1) is 29.3. The molecule has 0 radical (unpaired) electrons. The predicted octanol–water partition coefficient (Wildman–Crippen LogP) is -3.32. The van der Waals surface area contributed by atoms with Gasteiger partial charge in [0.2, 0.25) is 0 Å². The number of rotatable bonds is 6. The van der Waals surface area contributed by atoms with Crippen LogP contribution in [-0.4, -0.2) is 23.5 Å². The third kappa shape index (κ3) is 5.33. The van der Waals surface area contributed by atoms with Crippen LogP contribution >= 0.6 is 0 Å². The quantitative estimate of drug-likeness (QED) is 0.221. The van der Waals surface area contributed by atoms with Gasteiger partial charge in [0.25, 0.3) is 0 Å². The number of ketones is 2. The van der Waals surface area contributed by atoms with Crippen LogP contribution in [0.2, 0.25) is 0 Å². The number of carboxylic acid groups (broad SMARTS) is 2. The third-order valence-electron chi connectivity index (χ3n) is 5.90. The summed E-state index contributed by atoms with van der Waals surface area (Å²) >= 11 is 0. The molecule has 0 saturated carbocycles. The number of carbonyl (C=O) groups excluding carboxylic acids is 4. The summed E-state index contributed by atoms with van der Waals surface area (Å²) in [6, 6.07) is 21.5. The zero-order valence-electron chi connectivity index (χ0n) is 20.5. The van der Waals surface area contributed by atoms with E-state index in [1.54, 1.807) is 48.5 Å². The molecule has 2 N–H and O–H groups in total. The molecular formula is C28H16N2Na2O6. The maximum absolute atomic E-state index is 13.6. The SMILES string of the molecule is O=C([O-])c1ccccc1Nc1cccc2c1C(=O)c1cccc(Nc3ccccc3C(=O)[O-])c1C2=O.[Na+].[Na+]. The van der Waals surface area contributed by atoms with Crippen LogP contribution in [0.4, 0.5) is 22.7 Å². The van der Waals surface area contributed by atoms with E-state index in [-0.39, 0.29) is 115 Å². The summed E-state index contributed by atoms with van der Waals surface area (Å²) in [6.07, 6.45) is 0. The Morgan fingerprint density at radius 2 is 0.842 bits per heavy atom. The molecule has 5 rings (SSSR count). The first-order chi connectivity index (χ1) is 17.4. The Morgan fingerprint density at radius 3 is 1.21 bits per heavy atom. The monoisotopic (exact) mass is 522 g/mol. The second-order valence-corrected chi connectivity index (χ2v) is 8.03. The van der Waals surface area contributed by atoms with Crippen LogP contribution in [0.15, 0.2) is 84.9 Å². The van der Waals surface area contributed by atoms with Gasteiger partial charge in [-0.2, -0.15) is 0 Å². The van der Waals surface area contributed by atoms with Crippen molar-refractivity contribution < 1.29 is 88.5 Å². The van der Waals surface area contributed by atoms with E-state index in [0.717, 1.165) is 0 Å². The van der Waals surface area contributed by atoms with Crippen molar-refractivity contribution in [2.75, 3.05) is 10.6 Å². The Morgan fingerprint density at radius 1 is 0.500 bits per heavy atom. The Kier molecular flexibility index (Phi) is 9.32. The van der Waals surface area contributed by atoms with Crippen LogP contribution in [0.5, 0.6) is 0 Å². The molecule has 0 aliphatic heterocycles. The van der Waals surface area contributed by atoms with Crippen molar-refractivity contribution in [2.24, 2.45) is 0 Å². The van der Waals surface area contributed by atoms with E-state index >= 15 is 0 Å². The van der Waals surface area contributed by atoms with Crippen molar-refractivity contribution in [3.05, 3.63) is 118 Å². The van der Waals surface area contributed by atoms with E-state index < -0.39 is 23.5 Å². The van der Waals surface area contributed by atoms with Crippen molar-refractivity contribution in [2.45, 2.75) is 0 Å². The van der Waals surface area contributed by atoms with Gasteiger partial charge in [-0.15, -0.1) is 0 Å². The molecule has 0 bridgehead atoms. The minimum Gasteiger partial charge on any atom is -0.545 e. The second-order valence-electron chi connectivity index (χ2n) is 8.03. The average Bonchev–Trinajstić information content (AvgIpc) is 2.87. The van der Waals surface area contributed by atoms with E-state index in [1.165, 1.54) is 36.4 Å². The fraction of sp³-hybridized carbons (Fsp3) is 0. The normalized spacial score (nSPS) is 11.3. The number of hydrogen-bond acceptors (Lipinski definition) is 8. The Balaban J connectivity index is 0.00000200. The van der Waals surface area contributed by atoms with E-state index in [0.29, 0.717) is 0 Å². The van der Waals surface area contributed by atoms with Crippen molar-refractivity contribution >= 4 is 46.3 Å². The maximum atomic E-state index is 13.6. The van der Waals surface area contributed by atoms with Crippen molar-refractivity contribution in [3.8, 4) is 0 Å². The summed E-state index contributed by atoms with van der Waals surface area (Å²) in [6.45, 7) is 0. The van der Waals surface area contributed by atoms with Crippen LogP contribution in [0.3, 0.4) is 0 Å². The number of nitrogens with one attached hydrogen (secondary N) is 2. The first-order valence-corrected chi connectivity index (χ1v) is 10.9. The fourth-order valence-corrected chi connectivity index (χ4v) is 4.28. The molecule has 176 valence electrons. The molecule has 38 heavy (non-hydrogen) atoms. The number of carboxylic acids is 2. The number of carbonyl (C=O) groups is 4. The minimum atomic E-state index is -1.39. The van der Waals surface area contributed by atoms with Gasteiger partial charge in [0.15, 0.2) is 11.6 Å². The number of fused-ring (bicyclic) bond motifs is 2. The standard InChI is InChI=1S/C28H18N2O6.2Na/c31-25-18-10-6-14-22(30-20-12-4-2-8-16(20)28(35)36)24(18)26(32)17-9-5-13-21(23(17)25)29-19-11-3-1-7-15(19)27(33)34;;/h1-14,29-30H,(H,33,34)(H,35,36);;/q;2*+1/p-2. The summed E-state index contributed by atoms with van der Waals surface area (Å²) in [4.78, 5) is 50.2. The molecule has 10 heteroatoms. The Hall–Kier alpha value is -3.24. The zero-order valence-corrected chi connectivity index (χ0v) is 24.5. The molecule has 4 aromatic carbocycles.